The molecule has 0 rings (SSSR count). The summed E-state index contributed by atoms with van der Waals surface area (Å²) in [6, 6.07) is -0.826. The van der Waals surface area contributed by atoms with E-state index in [1.165, 1.54) is 6.92 Å². The van der Waals surface area contributed by atoms with Gasteiger partial charge in [-0.15, -0.1) is 0 Å². The second-order valence-corrected chi connectivity index (χ2v) is 5.27. The fourth-order valence-electron chi connectivity index (χ4n) is 1.71. The highest BCUT2D eigenvalue weighted by atomic mass is 16.2. The molecule has 0 fully saturated rings. The van der Waals surface area contributed by atoms with E-state index in [2.05, 4.69) is 21.3 Å². The molecule has 0 bridgehead atoms. The predicted octanol–water partition coefficient (Wildman–Crippen LogP) is -3.55. The Hall–Kier alpha value is -2.69. The lowest BCUT2D eigenvalue weighted by molar-refractivity contribution is -0.129. The van der Waals surface area contributed by atoms with Crippen LogP contribution < -0.4 is 32.7 Å². The van der Waals surface area contributed by atoms with Crippen LogP contribution in [0.15, 0.2) is 0 Å². The van der Waals surface area contributed by atoms with E-state index in [4.69, 9.17) is 11.5 Å². The highest BCUT2D eigenvalue weighted by Crippen LogP contribution is 1.99. The van der Waals surface area contributed by atoms with Gasteiger partial charge in [0.05, 0.1) is 19.6 Å². The Kier molecular flexibility index (Phi) is 11.3. The van der Waals surface area contributed by atoms with E-state index in [1.54, 1.807) is 0 Å². The van der Waals surface area contributed by atoms with Gasteiger partial charge in [0.1, 0.15) is 6.04 Å². The SMILES string of the molecule is CC(=O)NCC(=O)NCC(=O)NCC(=O)N[C@@H](CCCCN)C(N)=O. The number of nitrogens with one attached hydrogen (secondary N) is 4. The number of nitrogens with two attached hydrogens (primary N) is 2. The van der Waals surface area contributed by atoms with Crippen LogP contribution in [0.4, 0.5) is 0 Å². The van der Waals surface area contributed by atoms with E-state index in [-0.39, 0.29) is 25.5 Å². The smallest absolute Gasteiger partial charge is 0.240 e. The Morgan fingerprint density at radius 2 is 1.36 bits per heavy atom. The summed E-state index contributed by atoms with van der Waals surface area (Å²) in [5, 5.41) is 9.26. The summed E-state index contributed by atoms with van der Waals surface area (Å²) in [5.41, 5.74) is 10.6. The van der Waals surface area contributed by atoms with E-state index >= 15 is 0 Å². The van der Waals surface area contributed by atoms with Crippen molar-refractivity contribution in [1.29, 1.82) is 0 Å². The number of hydrogen-bond donors (Lipinski definition) is 6. The molecule has 1 atom stereocenters. The molecule has 0 spiro atoms. The van der Waals surface area contributed by atoms with Gasteiger partial charge in [-0.3, -0.25) is 24.0 Å². The van der Waals surface area contributed by atoms with Crippen molar-refractivity contribution in [2.75, 3.05) is 26.2 Å². The molecule has 0 unspecified atom stereocenters. The largest absolute Gasteiger partial charge is 0.368 e. The number of carbonyl (C=O) groups is 5. The number of carbonyl (C=O) groups excluding carboxylic acids is 5. The molecular weight excluding hydrogens is 332 g/mol. The third kappa shape index (κ3) is 12.4. The van der Waals surface area contributed by atoms with Crippen LogP contribution in [0, 0.1) is 0 Å². The quantitative estimate of drug-likeness (QED) is 0.196. The summed E-state index contributed by atoms with van der Waals surface area (Å²) < 4.78 is 0. The Morgan fingerprint density at radius 1 is 0.840 bits per heavy atom. The van der Waals surface area contributed by atoms with E-state index < -0.39 is 29.7 Å². The minimum Gasteiger partial charge on any atom is -0.368 e. The molecule has 0 saturated carbocycles. The lowest BCUT2D eigenvalue weighted by atomic mass is 10.1. The number of primary amides is 1. The maximum absolute atomic E-state index is 11.7. The van der Waals surface area contributed by atoms with Gasteiger partial charge < -0.3 is 32.7 Å². The molecule has 0 radical (unpaired) electrons. The number of amides is 5. The minimum absolute atomic E-state index is 0.244. The highest BCUT2D eigenvalue weighted by molar-refractivity contribution is 5.91. The maximum Gasteiger partial charge on any atom is 0.240 e. The van der Waals surface area contributed by atoms with E-state index in [0.29, 0.717) is 25.8 Å². The molecule has 0 aliphatic rings. The molecule has 11 nitrogen and oxygen atoms in total. The Bertz CT molecular complexity index is 496. The molecule has 5 amide bonds. The van der Waals surface area contributed by atoms with E-state index in [1.807, 2.05) is 0 Å². The van der Waals surface area contributed by atoms with Gasteiger partial charge in [0.2, 0.25) is 29.5 Å². The summed E-state index contributed by atoms with van der Waals surface area (Å²) in [5.74, 6) is -2.74. The first kappa shape index (κ1) is 22.3. The minimum atomic E-state index is -0.826. The molecule has 0 aromatic heterocycles. The highest BCUT2D eigenvalue weighted by Gasteiger charge is 2.17. The van der Waals surface area contributed by atoms with Crippen molar-refractivity contribution in [1.82, 2.24) is 21.3 Å². The van der Waals surface area contributed by atoms with Crippen LogP contribution in [0.1, 0.15) is 26.2 Å². The topological polar surface area (TPSA) is 186 Å². The fourth-order valence-corrected chi connectivity index (χ4v) is 1.71. The standard InChI is InChI=1S/C14H26N6O5/c1-9(21)17-6-11(22)18-7-12(23)19-8-13(24)20-10(14(16)25)4-2-3-5-15/h10H,2-8,15H2,1H3,(H2,16,25)(H,17,21)(H,18,22)(H,19,23)(H,20,24)/t10-/m0/s1. The number of rotatable bonds is 12. The lowest BCUT2D eigenvalue weighted by Gasteiger charge is -2.15. The van der Waals surface area contributed by atoms with Crippen LogP contribution in [0.5, 0.6) is 0 Å². The summed E-state index contributed by atoms with van der Waals surface area (Å²) in [4.78, 5) is 56.4. The van der Waals surface area contributed by atoms with Crippen molar-refractivity contribution in [2.24, 2.45) is 11.5 Å². The number of hydrogen-bond acceptors (Lipinski definition) is 6. The average molecular weight is 358 g/mol. The van der Waals surface area contributed by atoms with Crippen LogP contribution in [-0.4, -0.2) is 61.8 Å². The van der Waals surface area contributed by atoms with Gasteiger partial charge in [-0.2, -0.15) is 0 Å². The summed E-state index contributed by atoms with van der Waals surface area (Å²) in [6.45, 7) is 0.784. The second kappa shape index (κ2) is 12.7. The van der Waals surface area contributed by atoms with Gasteiger partial charge in [-0.25, -0.2) is 0 Å². The van der Waals surface area contributed by atoms with Gasteiger partial charge in [0.25, 0.3) is 0 Å². The van der Waals surface area contributed by atoms with Crippen LogP contribution in [0.2, 0.25) is 0 Å². The molecular formula is C14H26N6O5. The Morgan fingerprint density at radius 3 is 1.84 bits per heavy atom. The Balaban J connectivity index is 4.05. The normalized spacial score (nSPS) is 11.1. The third-order valence-electron chi connectivity index (χ3n) is 3.02. The van der Waals surface area contributed by atoms with Gasteiger partial charge >= 0.3 is 0 Å². The van der Waals surface area contributed by atoms with Gasteiger partial charge in [-0.1, -0.05) is 0 Å². The molecule has 0 aliphatic carbocycles. The molecule has 142 valence electrons. The van der Waals surface area contributed by atoms with Crippen LogP contribution in [0.25, 0.3) is 0 Å². The van der Waals surface area contributed by atoms with Crippen LogP contribution >= 0.6 is 0 Å². The Labute approximate surface area is 145 Å². The first-order chi connectivity index (χ1) is 11.8. The second-order valence-electron chi connectivity index (χ2n) is 5.27. The van der Waals surface area contributed by atoms with E-state index in [0.717, 1.165) is 0 Å². The molecule has 8 N–H and O–H groups in total. The van der Waals surface area contributed by atoms with Crippen molar-refractivity contribution >= 4 is 29.5 Å². The van der Waals surface area contributed by atoms with Gasteiger partial charge in [0.15, 0.2) is 0 Å². The fraction of sp³-hybridized carbons (Fsp3) is 0.643. The first-order valence-corrected chi connectivity index (χ1v) is 7.82. The molecule has 11 heteroatoms. The van der Waals surface area contributed by atoms with Crippen molar-refractivity contribution < 1.29 is 24.0 Å². The molecule has 25 heavy (non-hydrogen) atoms. The average Bonchev–Trinajstić information content (AvgIpc) is 2.55. The van der Waals surface area contributed by atoms with Crippen LogP contribution in [0.3, 0.4) is 0 Å². The van der Waals surface area contributed by atoms with E-state index in [9.17, 15) is 24.0 Å². The monoisotopic (exact) mass is 358 g/mol. The van der Waals surface area contributed by atoms with Gasteiger partial charge in [-0.05, 0) is 25.8 Å². The van der Waals surface area contributed by atoms with Gasteiger partial charge in [0, 0.05) is 6.92 Å². The van der Waals surface area contributed by atoms with Crippen molar-refractivity contribution in [3.8, 4) is 0 Å². The zero-order chi connectivity index (χ0) is 19.2. The zero-order valence-electron chi connectivity index (χ0n) is 14.2. The molecule has 0 heterocycles. The third-order valence-corrected chi connectivity index (χ3v) is 3.02. The van der Waals surface area contributed by atoms with Crippen LogP contribution in [-0.2, 0) is 24.0 Å². The van der Waals surface area contributed by atoms with Crippen molar-refractivity contribution in [3.05, 3.63) is 0 Å². The summed E-state index contributed by atoms with van der Waals surface area (Å²) in [6.07, 6.45) is 1.71. The lowest BCUT2D eigenvalue weighted by Crippen LogP contribution is -2.49. The molecule has 0 aromatic carbocycles. The first-order valence-electron chi connectivity index (χ1n) is 7.82. The van der Waals surface area contributed by atoms with Crippen molar-refractivity contribution in [3.63, 3.8) is 0 Å². The number of unbranched alkanes of at least 4 members (excludes halogenated alkanes) is 1. The maximum atomic E-state index is 11.7. The predicted molar refractivity (Wildman–Crippen MR) is 88.7 cm³/mol. The van der Waals surface area contributed by atoms with Crippen molar-refractivity contribution in [2.45, 2.75) is 32.2 Å². The summed E-state index contributed by atoms with van der Waals surface area (Å²) >= 11 is 0. The summed E-state index contributed by atoms with van der Waals surface area (Å²) in [7, 11) is 0. The zero-order valence-corrected chi connectivity index (χ0v) is 14.2. The molecule has 0 saturated heterocycles. The molecule has 0 aromatic rings. The molecule has 0 aliphatic heterocycles.